The molecule has 1 fully saturated rings. The Morgan fingerprint density at radius 2 is 1.93 bits per heavy atom. The second kappa shape index (κ2) is 3.88. The molecule has 14 heavy (non-hydrogen) atoms. The molecule has 1 aromatic rings. The highest BCUT2D eigenvalue weighted by Gasteiger charge is 2.21. The summed E-state index contributed by atoms with van der Waals surface area (Å²) < 4.78 is 5.32. The summed E-state index contributed by atoms with van der Waals surface area (Å²) in [6.45, 7) is 1.37. The highest BCUT2D eigenvalue weighted by Crippen LogP contribution is 2.37. The molecule has 3 nitrogen and oxygen atoms in total. The largest absolute Gasteiger partial charge is 0.508 e. The number of hydrogen-bond acceptors (Lipinski definition) is 3. The van der Waals surface area contributed by atoms with E-state index in [0.29, 0.717) is 12.2 Å². The van der Waals surface area contributed by atoms with Crippen LogP contribution in [0.25, 0.3) is 0 Å². The van der Waals surface area contributed by atoms with Crippen molar-refractivity contribution in [2.24, 2.45) is 0 Å². The topological polar surface area (TPSA) is 49.7 Å². The van der Waals surface area contributed by atoms with E-state index in [9.17, 15) is 10.2 Å². The molecule has 0 bridgehead atoms. The number of ether oxygens (including phenoxy) is 1. The predicted molar refractivity (Wildman–Crippen MR) is 52.6 cm³/mol. The molecule has 0 spiro atoms. The molecular formula is C11H14O3. The Bertz CT molecular complexity index is 296. The van der Waals surface area contributed by atoms with Gasteiger partial charge in [0.1, 0.15) is 11.5 Å². The van der Waals surface area contributed by atoms with Crippen LogP contribution in [0.4, 0.5) is 0 Å². The summed E-state index contributed by atoms with van der Waals surface area (Å²) >= 11 is 0. The lowest BCUT2D eigenvalue weighted by atomic mass is 9.92. The summed E-state index contributed by atoms with van der Waals surface area (Å²) in [5.41, 5.74) is 0.632. The lowest BCUT2D eigenvalue weighted by Gasteiger charge is -2.23. The van der Waals surface area contributed by atoms with Gasteiger partial charge in [0.05, 0.1) is 6.61 Å². The number of rotatable bonds is 1. The number of phenols is 2. The van der Waals surface area contributed by atoms with Gasteiger partial charge in [-0.2, -0.15) is 0 Å². The standard InChI is InChI=1S/C11H14O3/c12-9-4-1-5-10(13)11(9)8-3-2-6-14-7-8/h1,4-5,8,12-13H,2-3,6-7H2. The maximum atomic E-state index is 9.63. The van der Waals surface area contributed by atoms with Gasteiger partial charge in [-0.1, -0.05) is 6.07 Å². The normalized spacial score (nSPS) is 22.1. The second-order valence-corrected chi connectivity index (χ2v) is 3.62. The third-order valence-electron chi connectivity index (χ3n) is 2.63. The van der Waals surface area contributed by atoms with Crippen molar-refractivity contribution >= 4 is 0 Å². The highest BCUT2D eigenvalue weighted by molar-refractivity contribution is 5.45. The Kier molecular flexibility index (Phi) is 2.59. The van der Waals surface area contributed by atoms with Crippen LogP contribution in [0.3, 0.4) is 0 Å². The van der Waals surface area contributed by atoms with Gasteiger partial charge in [-0.15, -0.1) is 0 Å². The summed E-state index contributed by atoms with van der Waals surface area (Å²) in [6, 6.07) is 4.84. The van der Waals surface area contributed by atoms with Gasteiger partial charge in [0.25, 0.3) is 0 Å². The molecular weight excluding hydrogens is 180 g/mol. The second-order valence-electron chi connectivity index (χ2n) is 3.62. The maximum absolute atomic E-state index is 9.63. The van der Waals surface area contributed by atoms with Crippen LogP contribution >= 0.6 is 0 Å². The molecule has 0 amide bonds. The van der Waals surface area contributed by atoms with Crippen molar-refractivity contribution in [2.45, 2.75) is 18.8 Å². The van der Waals surface area contributed by atoms with Crippen molar-refractivity contribution in [3.63, 3.8) is 0 Å². The van der Waals surface area contributed by atoms with Crippen molar-refractivity contribution in [3.05, 3.63) is 23.8 Å². The van der Waals surface area contributed by atoms with E-state index in [4.69, 9.17) is 4.74 Å². The first-order chi connectivity index (χ1) is 6.79. The molecule has 1 unspecified atom stereocenters. The Morgan fingerprint density at radius 3 is 2.50 bits per heavy atom. The Hall–Kier alpha value is -1.22. The minimum absolute atomic E-state index is 0.130. The van der Waals surface area contributed by atoms with E-state index in [2.05, 4.69) is 0 Å². The third kappa shape index (κ3) is 1.68. The molecule has 76 valence electrons. The van der Waals surface area contributed by atoms with E-state index in [1.54, 1.807) is 18.2 Å². The Balaban J connectivity index is 2.29. The number of aromatic hydroxyl groups is 2. The van der Waals surface area contributed by atoms with Crippen LogP contribution in [0.2, 0.25) is 0 Å². The van der Waals surface area contributed by atoms with Crippen molar-refractivity contribution in [1.29, 1.82) is 0 Å². The quantitative estimate of drug-likeness (QED) is 0.718. The van der Waals surface area contributed by atoms with E-state index in [1.165, 1.54) is 0 Å². The molecule has 0 radical (unpaired) electrons. The lowest BCUT2D eigenvalue weighted by molar-refractivity contribution is 0.0789. The lowest BCUT2D eigenvalue weighted by Crippen LogP contribution is -2.15. The van der Waals surface area contributed by atoms with Crippen LogP contribution in [-0.2, 0) is 4.74 Å². The highest BCUT2D eigenvalue weighted by atomic mass is 16.5. The molecule has 1 atom stereocenters. The average molecular weight is 194 g/mol. The first kappa shape index (κ1) is 9.34. The van der Waals surface area contributed by atoms with E-state index in [0.717, 1.165) is 19.4 Å². The number of phenolic OH excluding ortho intramolecular Hbond substituents is 2. The van der Waals surface area contributed by atoms with Crippen LogP contribution in [0.15, 0.2) is 18.2 Å². The van der Waals surface area contributed by atoms with Gasteiger partial charge in [0, 0.05) is 18.1 Å². The van der Waals surface area contributed by atoms with E-state index in [-0.39, 0.29) is 17.4 Å². The Labute approximate surface area is 83.0 Å². The fourth-order valence-electron chi connectivity index (χ4n) is 1.93. The van der Waals surface area contributed by atoms with Gasteiger partial charge in [-0.25, -0.2) is 0 Å². The summed E-state index contributed by atoms with van der Waals surface area (Å²) in [7, 11) is 0. The third-order valence-corrected chi connectivity index (χ3v) is 2.63. The first-order valence-corrected chi connectivity index (χ1v) is 4.87. The molecule has 1 aliphatic rings. The zero-order valence-corrected chi connectivity index (χ0v) is 7.94. The molecule has 0 aliphatic carbocycles. The van der Waals surface area contributed by atoms with Crippen LogP contribution in [-0.4, -0.2) is 23.4 Å². The van der Waals surface area contributed by atoms with E-state index < -0.39 is 0 Å². The van der Waals surface area contributed by atoms with Gasteiger partial charge in [0.2, 0.25) is 0 Å². The van der Waals surface area contributed by atoms with Crippen LogP contribution in [0, 0.1) is 0 Å². The minimum Gasteiger partial charge on any atom is -0.508 e. The predicted octanol–water partition coefficient (Wildman–Crippen LogP) is 1.99. The average Bonchev–Trinajstić information content (AvgIpc) is 2.19. The fraction of sp³-hybridized carbons (Fsp3) is 0.455. The smallest absolute Gasteiger partial charge is 0.122 e. The van der Waals surface area contributed by atoms with Gasteiger partial charge < -0.3 is 14.9 Å². The van der Waals surface area contributed by atoms with Crippen LogP contribution < -0.4 is 0 Å². The summed E-state index contributed by atoms with van der Waals surface area (Å²) in [5.74, 6) is 0.464. The van der Waals surface area contributed by atoms with Crippen molar-refractivity contribution < 1.29 is 14.9 Å². The van der Waals surface area contributed by atoms with Crippen molar-refractivity contribution in [1.82, 2.24) is 0 Å². The first-order valence-electron chi connectivity index (χ1n) is 4.87. The van der Waals surface area contributed by atoms with E-state index >= 15 is 0 Å². The fourth-order valence-corrected chi connectivity index (χ4v) is 1.93. The van der Waals surface area contributed by atoms with Gasteiger partial charge in [-0.05, 0) is 25.0 Å². The monoisotopic (exact) mass is 194 g/mol. The van der Waals surface area contributed by atoms with Gasteiger partial charge >= 0.3 is 0 Å². The van der Waals surface area contributed by atoms with E-state index in [1.807, 2.05) is 0 Å². The maximum Gasteiger partial charge on any atom is 0.122 e. The molecule has 2 N–H and O–H groups in total. The molecule has 3 heteroatoms. The van der Waals surface area contributed by atoms with Crippen LogP contribution in [0.5, 0.6) is 11.5 Å². The van der Waals surface area contributed by atoms with Crippen molar-refractivity contribution in [2.75, 3.05) is 13.2 Å². The SMILES string of the molecule is Oc1cccc(O)c1C1CCCOC1. The Morgan fingerprint density at radius 1 is 1.21 bits per heavy atom. The molecule has 1 heterocycles. The number of benzene rings is 1. The summed E-state index contributed by atoms with van der Waals surface area (Å²) in [6.07, 6.45) is 1.95. The summed E-state index contributed by atoms with van der Waals surface area (Å²) in [5, 5.41) is 19.3. The molecule has 0 saturated carbocycles. The zero-order chi connectivity index (χ0) is 9.97. The molecule has 1 aromatic carbocycles. The molecule has 0 aromatic heterocycles. The van der Waals surface area contributed by atoms with Gasteiger partial charge in [0.15, 0.2) is 0 Å². The van der Waals surface area contributed by atoms with Crippen LogP contribution in [0.1, 0.15) is 24.3 Å². The number of hydrogen-bond donors (Lipinski definition) is 2. The summed E-state index contributed by atoms with van der Waals surface area (Å²) in [4.78, 5) is 0. The molecule has 2 rings (SSSR count). The zero-order valence-electron chi connectivity index (χ0n) is 7.94. The molecule has 1 saturated heterocycles. The van der Waals surface area contributed by atoms with Crippen molar-refractivity contribution in [3.8, 4) is 11.5 Å². The molecule has 1 aliphatic heterocycles. The van der Waals surface area contributed by atoms with Gasteiger partial charge in [-0.3, -0.25) is 0 Å². The minimum atomic E-state index is 0.130.